The number of rotatable bonds is 3. The minimum absolute atomic E-state index is 0. The number of halogens is 1. The van der Waals surface area contributed by atoms with Crippen LogP contribution in [0.4, 0.5) is 0 Å². The van der Waals surface area contributed by atoms with Crippen LogP contribution < -0.4 is 5.73 Å². The summed E-state index contributed by atoms with van der Waals surface area (Å²) in [4.78, 5) is 19.3. The fourth-order valence-corrected chi connectivity index (χ4v) is 0.201. The summed E-state index contributed by atoms with van der Waals surface area (Å²) in [6.45, 7) is 0. The molecular formula is C4H8ClNO2. The highest BCUT2D eigenvalue weighted by Gasteiger charge is 1.88. The third-order valence-electron chi connectivity index (χ3n) is 0.509. The van der Waals surface area contributed by atoms with Gasteiger partial charge in [-0.1, -0.05) is 0 Å². The van der Waals surface area contributed by atoms with E-state index in [9.17, 15) is 9.59 Å². The summed E-state index contributed by atoms with van der Waals surface area (Å²) in [5, 5.41) is 0. The Labute approximate surface area is 53.7 Å². The molecule has 0 heterocycles. The van der Waals surface area contributed by atoms with E-state index in [1.165, 1.54) is 0 Å². The summed E-state index contributed by atoms with van der Waals surface area (Å²) in [7, 11) is 0. The number of nitrogens with two attached hydrogens (primary N) is 1. The van der Waals surface area contributed by atoms with Gasteiger partial charge in [0.15, 0.2) is 0 Å². The van der Waals surface area contributed by atoms with Crippen LogP contribution in [0.5, 0.6) is 0 Å². The molecule has 0 aliphatic rings. The Morgan fingerprint density at radius 1 is 1.62 bits per heavy atom. The Kier molecular flexibility index (Phi) is 8.37. The molecule has 0 rings (SSSR count). The van der Waals surface area contributed by atoms with Crippen LogP contribution in [0.3, 0.4) is 0 Å². The number of aldehydes is 1. The number of hydrogen-bond acceptors (Lipinski definition) is 2. The average molecular weight is 138 g/mol. The molecule has 0 fully saturated rings. The van der Waals surface area contributed by atoms with E-state index in [0.29, 0.717) is 6.29 Å². The van der Waals surface area contributed by atoms with Crippen molar-refractivity contribution in [3.05, 3.63) is 0 Å². The van der Waals surface area contributed by atoms with Crippen LogP contribution in [0.15, 0.2) is 0 Å². The molecule has 0 aliphatic heterocycles. The number of carbonyl (C=O) groups is 2. The van der Waals surface area contributed by atoms with Crippen molar-refractivity contribution in [2.45, 2.75) is 12.8 Å². The maximum Gasteiger partial charge on any atom is 0.217 e. The molecule has 8 heavy (non-hydrogen) atoms. The summed E-state index contributed by atoms with van der Waals surface area (Å²) < 4.78 is 0. The van der Waals surface area contributed by atoms with Gasteiger partial charge in [0.2, 0.25) is 5.91 Å². The van der Waals surface area contributed by atoms with Gasteiger partial charge in [0, 0.05) is 12.8 Å². The maximum absolute atomic E-state index is 9.82. The molecule has 0 radical (unpaired) electrons. The third kappa shape index (κ3) is 9.06. The van der Waals surface area contributed by atoms with Crippen LogP contribution in [0, 0.1) is 0 Å². The van der Waals surface area contributed by atoms with E-state index in [0.717, 1.165) is 0 Å². The SMILES string of the molecule is Cl.NC(=O)CCC=O. The first kappa shape index (κ1) is 10.4. The molecule has 0 aromatic rings. The monoisotopic (exact) mass is 137 g/mol. The Balaban J connectivity index is 0. The predicted octanol–water partition coefficient (Wildman–Crippen LogP) is -0.127. The summed E-state index contributed by atoms with van der Waals surface area (Å²) in [6, 6.07) is 0. The van der Waals surface area contributed by atoms with E-state index in [1.807, 2.05) is 0 Å². The lowest BCUT2D eigenvalue weighted by molar-refractivity contribution is -0.119. The quantitative estimate of drug-likeness (QED) is 0.551. The minimum Gasteiger partial charge on any atom is -0.370 e. The van der Waals surface area contributed by atoms with E-state index in [2.05, 4.69) is 5.73 Å². The molecule has 0 saturated carbocycles. The second-order valence-electron chi connectivity index (χ2n) is 1.17. The maximum atomic E-state index is 9.82. The number of primary amides is 1. The largest absolute Gasteiger partial charge is 0.370 e. The van der Waals surface area contributed by atoms with Crippen LogP contribution in [-0.4, -0.2) is 12.2 Å². The number of amides is 1. The zero-order valence-corrected chi connectivity index (χ0v) is 5.11. The Morgan fingerprint density at radius 2 is 2.12 bits per heavy atom. The van der Waals surface area contributed by atoms with Crippen molar-refractivity contribution in [3.63, 3.8) is 0 Å². The number of carbonyl (C=O) groups excluding carboxylic acids is 2. The summed E-state index contributed by atoms with van der Waals surface area (Å²) in [5.74, 6) is -0.424. The van der Waals surface area contributed by atoms with Crippen molar-refractivity contribution >= 4 is 24.6 Å². The lowest BCUT2D eigenvalue weighted by Crippen LogP contribution is -2.09. The lowest BCUT2D eigenvalue weighted by Gasteiger charge is -1.81. The number of hydrogen-bond donors (Lipinski definition) is 1. The normalized spacial score (nSPS) is 7.00. The second kappa shape index (κ2) is 6.43. The van der Waals surface area contributed by atoms with Crippen molar-refractivity contribution in [1.29, 1.82) is 0 Å². The smallest absolute Gasteiger partial charge is 0.217 e. The Bertz CT molecular complexity index is 84.1. The molecule has 0 aliphatic carbocycles. The van der Waals surface area contributed by atoms with Crippen molar-refractivity contribution in [1.82, 2.24) is 0 Å². The van der Waals surface area contributed by atoms with E-state index in [4.69, 9.17) is 0 Å². The highest BCUT2D eigenvalue weighted by atomic mass is 35.5. The molecule has 48 valence electrons. The molecule has 0 aromatic heterocycles. The van der Waals surface area contributed by atoms with E-state index >= 15 is 0 Å². The Morgan fingerprint density at radius 3 is 2.25 bits per heavy atom. The summed E-state index contributed by atoms with van der Waals surface area (Å²) in [5.41, 5.74) is 4.68. The van der Waals surface area contributed by atoms with Gasteiger partial charge in [-0.2, -0.15) is 0 Å². The zero-order valence-electron chi connectivity index (χ0n) is 4.29. The molecule has 0 unspecified atom stereocenters. The highest BCUT2D eigenvalue weighted by molar-refractivity contribution is 5.85. The van der Waals surface area contributed by atoms with Crippen molar-refractivity contribution in [3.8, 4) is 0 Å². The molecule has 3 nitrogen and oxygen atoms in total. The molecule has 0 bridgehead atoms. The molecule has 0 spiro atoms. The molecule has 4 heteroatoms. The average Bonchev–Trinajstić information content (AvgIpc) is 1.61. The summed E-state index contributed by atoms with van der Waals surface area (Å²) >= 11 is 0. The van der Waals surface area contributed by atoms with Crippen LogP contribution in [0.2, 0.25) is 0 Å². The van der Waals surface area contributed by atoms with Crippen molar-refractivity contribution < 1.29 is 9.59 Å². The van der Waals surface area contributed by atoms with Crippen molar-refractivity contribution in [2.24, 2.45) is 5.73 Å². The third-order valence-corrected chi connectivity index (χ3v) is 0.509. The van der Waals surface area contributed by atoms with Crippen molar-refractivity contribution in [2.75, 3.05) is 0 Å². The van der Waals surface area contributed by atoms with Gasteiger partial charge >= 0.3 is 0 Å². The fourth-order valence-electron chi connectivity index (χ4n) is 0.201. The van der Waals surface area contributed by atoms with E-state index in [-0.39, 0.29) is 25.2 Å². The van der Waals surface area contributed by atoms with Gasteiger partial charge in [-0.3, -0.25) is 4.79 Å². The minimum atomic E-state index is -0.424. The first-order valence-corrected chi connectivity index (χ1v) is 1.99. The summed E-state index contributed by atoms with van der Waals surface area (Å²) in [6.07, 6.45) is 1.09. The van der Waals surface area contributed by atoms with Gasteiger partial charge in [-0.25, -0.2) is 0 Å². The first-order valence-electron chi connectivity index (χ1n) is 1.99. The van der Waals surface area contributed by atoms with Gasteiger partial charge in [-0.15, -0.1) is 12.4 Å². The van der Waals surface area contributed by atoms with Gasteiger partial charge in [0.05, 0.1) is 0 Å². The van der Waals surface area contributed by atoms with E-state index in [1.54, 1.807) is 0 Å². The lowest BCUT2D eigenvalue weighted by atomic mass is 10.3. The van der Waals surface area contributed by atoms with Gasteiger partial charge in [0.1, 0.15) is 6.29 Å². The molecule has 0 aromatic carbocycles. The van der Waals surface area contributed by atoms with E-state index < -0.39 is 5.91 Å². The first-order chi connectivity index (χ1) is 3.27. The molecular weight excluding hydrogens is 130 g/mol. The standard InChI is InChI=1S/C4H7NO2.ClH/c5-4(7)2-1-3-6;/h3H,1-2H2,(H2,5,7);1H. The molecule has 1 amide bonds. The Hall–Kier alpha value is -0.570. The fraction of sp³-hybridized carbons (Fsp3) is 0.500. The molecule has 0 atom stereocenters. The van der Waals surface area contributed by atoms with Crippen LogP contribution in [0.1, 0.15) is 12.8 Å². The van der Waals surface area contributed by atoms with Gasteiger partial charge < -0.3 is 10.5 Å². The zero-order chi connectivity index (χ0) is 5.70. The highest BCUT2D eigenvalue weighted by Crippen LogP contribution is 1.78. The topological polar surface area (TPSA) is 60.2 Å². The van der Waals surface area contributed by atoms with Crippen LogP contribution in [-0.2, 0) is 9.59 Å². The predicted molar refractivity (Wildman–Crippen MR) is 31.7 cm³/mol. The van der Waals surface area contributed by atoms with Crippen LogP contribution in [0.25, 0.3) is 0 Å². The van der Waals surface area contributed by atoms with Gasteiger partial charge in [0.25, 0.3) is 0 Å². The van der Waals surface area contributed by atoms with Gasteiger partial charge in [-0.05, 0) is 0 Å². The molecule has 2 N–H and O–H groups in total. The van der Waals surface area contributed by atoms with Crippen LogP contribution >= 0.6 is 12.4 Å². The second-order valence-corrected chi connectivity index (χ2v) is 1.17. The molecule has 0 saturated heterocycles.